The minimum Gasteiger partial charge on any atom is -0.444 e. The van der Waals surface area contributed by atoms with E-state index in [0.717, 1.165) is 16.2 Å². The van der Waals surface area contributed by atoms with E-state index in [-0.39, 0.29) is 11.0 Å². The van der Waals surface area contributed by atoms with Crippen molar-refractivity contribution in [3.63, 3.8) is 0 Å². The molecule has 1 aliphatic rings. The number of hydrogen-bond donors (Lipinski definition) is 0. The first-order valence-electron chi connectivity index (χ1n) is 6.46. The van der Waals surface area contributed by atoms with Crippen LogP contribution in [0.5, 0.6) is 0 Å². The molecular formula is C13H18F2N2O2S. The van der Waals surface area contributed by atoms with Crippen LogP contribution in [0.1, 0.15) is 55.7 Å². The first-order chi connectivity index (χ1) is 9.19. The third kappa shape index (κ3) is 3.08. The molecule has 20 heavy (non-hydrogen) atoms. The van der Waals surface area contributed by atoms with Gasteiger partial charge >= 0.3 is 6.09 Å². The van der Waals surface area contributed by atoms with E-state index in [2.05, 4.69) is 4.98 Å². The number of carbonyl (C=O) groups is 1. The van der Waals surface area contributed by atoms with Crippen LogP contribution in [0.15, 0.2) is 0 Å². The normalized spacial score (nSPS) is 19.1. The zero-order valence-electron chi connectivity index (χ0n) is 11.9. The molecule has 0 N–H and O–H groups in total. The van der Waals surface area contributed by atoms with Crippen molar-refractivity contribution in [3.8, 4) is 0 Å². The number of fused-ring (bicyclic) bond motifs is 1. The van der Waals surface area contributed by atoms with Crippen molar-refractivity contribution in [1.29, 1.82) is 0 Å². The Hall–Kier alpha value is -1.24. The van der Waals surface area contributed by atoms with E-state index in [1.54, 1.807) is 25.7 Å². The summed E-state index contributed by atoms with van der Waals surface area (Å²) in [7, 11) is 0. The first kappa shape index (κ1) is 15.2. The van der Waals surface area contributed by atoms with Crippen LogP contribution < -0.4 is 0 Å². The van der Waals surface area contributed by atoms with E-state index in [9.17, 15) is 13.6 Å². The number of thiazole rings is 1. The molecule has 0 aromatic carbocycles. The predicted molar refractivity (Wildman–Crippen MR) is 72.1 cm³/mol. The summed E-state index contributed by atoms with van der Waals surface area (Å²) < 4.78 is 30.7. The third-order valence-corrected chi connectivity index (χ3v) is 4.27. The number of alkyl halides is 2. The van der Waals surface area contributed by atoms with E-state index in [1.165, 1.54) is 0 Å². The van der Waals surface area contributed by atoms with Gasteiger partial charge in [-0.2, -0.15) is 0 Å². The summed E-state index contributed by atoms with van der Waals surface area (Å²) in [5, 5.41) is -0.173. The van der Waals surface area contributed by atoms with Crippen LogP contribution in [0.2, 0.25) is 0 Å². The van der Waals surface area contributed by atoms with Gasteiger partial charge in [-0.15, -0.1) is 11.3 Å². The van der Waals surface area contributed by atoms with Crippen LogP contribution in [0, 0.1) is 0 Å². The summed E-state index contributed by atoms with van der Waals surface area (Å²) in [6.45, 7) is 7.65. The van der Waals surface area contributed by atoms with Gasteiger partial charge in [0.25, 0.3) is 6.43 Å². The van der Waals surface area contributed by atoms with E-state index >= 15 is 0 Å². The van der Waals surface area contributed by atoms with Gasteiger partial charge < -0.3 is 9.64 Å². The minimum absolute atomic E-state index is 0.173. The van der Waals surface area contributed by atoms with Gasteiger partial charge in [0.1, 0.15) is 5.60 Å². The molecule has 0 fully saturated rings. The molecule has 4 nitrogen and oxygen atoms in total. The summed E-state index contributed by atoms with van der Waals surface area (Å²) in [5.41, 5.74) is 0.108. The average molecular weight is 304 g/mol. The maximum Gasteiger partial charge on any atom is 0.410 e. The molecular weight excluding hydrogens is 286 g/mol. The van der Waals surface area contributed by atoms with Gasteiger partial charge in [-0.05, 0) is 27.7 Å². The predicted octanol–water partition coefficient (Wildman–Crippen LogP) is 3.93. The molecule has 1 atom stereocenters. The molecule has 0 aliphatic carbocycles. The van der Waals surface area contributed by atoms with Crippen molar-refractivity contribution < 1.29 is 18.3 Å². The van der Waals surface area contributed by atoms with Crippen molar-refractivity contribution in [2.24, 2.45) is 0 Å². The molecule has 0 saturated heterocycles. The highest BCUT2D eigenvalue weighted by atomic mass is 32.1. The van der Waals surface area contributed by atoms with E-state index < -0.39 is 18.1 Å². The highest BCUT2D eigenvalue weighted by Crippen LogP contribution is 2.37. The van der Waals surface area contributed by atoms with Gasteiger partial charge in [0.15, 0.2) is 5.01 Å². The second kappa shape index (κ2) is 5.27. The molecule has 0 saturated carbocycles. The van der Waals surface area contributed by atoms with E-state index in [4.69, 9.17) is 4.74 Å². The second-order valence-electron chi connectivity index (χ2n) is 5.76. The monoisotopic (exact) mass is 304 g/mol. The molecule has 1 aromatic heterocycles. The van der Waals surface area contributed by atoms with Crippen molar-refractivity contribution in [2.45, 2.75) is 52.2 Å². The number of carbonyl (C=O) groups excluding carboxylic acids is 1. The summed E-state index contributed by atoms with van der Waals surface area (Å²) in [4.78, 5) is 18.4. The summed E-state index contributed by atoms with van der Waals surface area (Å²) in [6, 6.07) is -0.279. The van der Waals surface area contributed by atoms with Crippen molar-refractivity contribution in [1.82, 2.24) is 9.88 Å². The summed E-state index contributed by atoms with van der Waals surface area (Å²) in [5.74, 6) is 0. The maximum absolute atomic E-state index is 12.7. The van der Waals surface area contributed by atoms with E-state index in [0.29, 0.717) is 18.7 Å². The van der Waals surface area contributed by atoms with Gasteiger partial charge in [-0.1, -0.05) is 0 Å². The fourth-order valence-electron chi connectivity index (χ4n) is 2.11. The third-order valence-electron chi connectivity index (χ3n) is 3.00. The van der Waals surface area contributed by atoms with Gasteiger partial charge in [-0.25, -0.2) is 18.6 Å². The summed E-state index contributed by atoms with van der Waals surface area (Å²) >= 11 is 0.980. The minimum atomic E-state index is -2.56. The molecule has 0 radical (unpaired) electrons. The Kier molecular flexibility index (Phi) is 4.00. The average Bonchev–Trinajstić information content (AvgIpc) is 2.71. The Labute approximate surface area is 120 Å². The molecule has 1 amide bonds. The van der Waals surface area contributed by atoms with Crippen LogP contribution in [0.3, 0.4) is 0 Å². The lowest BCUT2D eigenvalue weighted by Gasteiger charge is -2.34. The Morgan fingerprint density at radius 3 is 2.70 bits per heavy atom. The number of amides is 1. The smallest absolute Gasteiger partial charge is 0.410 e. The fraction of sp³-hybridized carbons (Fsp3) is 0.692. The number of nitrogens with zero attached hydrogens (tertiary/aromatic N) is 2. The first-order valence-corrected chi connectivity index (χ1v) is 7.28. The standard InChI is InChI=1S/C13H18F2N2O2S/c1-7-9-8(16-11(20-9)10(14)15)5-6-17(7)12(18)19-13(2,3)4/h7,10H,5-6H2,1-4H3/t7-/m1/s1. The molecule has 2 heterocycles. The molecule has 1 aromatic rings. The Balaban J connectivity index is 2.19. The molecule has 112 valence electrons. The van der Waals surface area contributed by atoms with Gasteiger partial charge in [0.05, 0.1) is 16.6 Å². The van der Waals surface area contributed by atoms with Crippen molar-refractivity contribution in [2.75, 3.05) is 6.54 Å². The Bertz CT molecular complexity index is 511. The van der Waals surface area contributed by atoms with Gasteiger partial charge in [0.2, 0.25) is 0 Å². The van der Waals surface area contributed by atoms with Crippen LogP contribution in [-0.4, -0.2) is 28.1 Å². The largest absolute Gasteiger partial charge is 0.444 e. The lowest BCUT2D eigenvalue weighted by atomic mass is 10.1. The second-order valence-corrected chi connectivity index (χ2v) is 6.83. The Morgan fingerprint density at radius 1 is 1.50 bits per heavy atom. The van der Waals surface area contributed by atoms with Gasteiger partial charge in [0, 0.05) is 13.0 Å². The number of hydrogen-bond acceptors (Lipinski definition) is 4. The molecule has 7 heteroatoms. The fourth-order valence-corrected chi connectivity index (χ4v) is 3.15. The number of ether oxygens (including phenoxy) is 1. The SMILES string of the molecule is C[C@@H]1c2sc(C(F)F)nc2CCN1C(=O)OC(C)(C)C. The molecule has 1 aliphatic heterocycles. The zero-order valence-corrected chi connectivity index (χ0v) is 12.8. The highest BCUT2D eigenvalue weighted by molar-refractivity contribution is 7.11. The van der Waals surface area contributed by atoms with E-state index in [1.807, 2.05) is 6.92 Å². The quantitative estimate of drug-likeness (QED) is 0.789. The number of aromatic nitrogens is 1. The zero-order chi connectivity index (χ0) is 15.1. The molecule has 0 spiro atoms. The van der Waals surface area contributed by atoms with Crippen LogP contribution in [0.25, 0.3) is 0 Å². The maximum atomic E-state index is 12.7. The molecule has 0 unspecified atom stereocenters. The lowest BCUT2D eigenvalue weighted by Crippen LogP contribution is -2.41. The highest BCUT2D eigenvalue weighted by Gasteiger charge is 2.34. The molecule has 2 rings (SSSR count). The van der Waals surface area contributed by atoms with Crippen LogP contribution in [-0.2, 0) is 11.2 Å². The topological polar surface area (TPSA) is 42.4 Å². The van der Waals surface area contributed by atoms with Crippen LogP contribution in [0.4, 0.5) is 13.6 Å². The van der Waals surface area contributed by atoms with Crippen LogP contribution >= 0.6 is 11.3 Å². The lowest BCUT2D eigenvalue weighted by molar-refractivity contribution is 0.0162. The number of halogens is 2. The van der Waals surface area contributed by atoms with Crippen molar-refractivity contribution >= 4 is 17.4 Å². The Morgan fingerprint density at radius 2 is 2.15 bits per heavy atom. The summed E-state index contributed by atoms with van der Waals surface area (Å²) in [6.07, 6.45) is -2.49. The van der Waals surface area contributed by atoms with Crippen molar-refractivity contribution in [3.05, 3.63) is 15.6 Å². The number of rotatable bonds is 1. The van der Waals surface area contributed by atoms with Gasteiger partial charge in [-0.3, -0.25) is 0 Å². The molecule has 0 bridgehead atoms.